The van der Waals surface area contributed by atoms with Crippen LogP contribution in [0.3, 0.4) is 0 Å². The van der Waals surface area contributed by atoms with Gasteiger partial charge in [-0.05, 0) is 31.1 Å². The molecule has 0 spiro atoms. The lowest BCUT2D eigenvalue weighted by Gasteiger charge is -2.06. The summed E-state index contributed by atoms with van der Waals surface area (Å²) in [5.74, 6) is -0.124. The van der Waals surface area contributed by atoms with Crippen molar-refractivity contribution >= 4 is 17.5 Å². The molecule has 0 saturated heterocycles. The quantitative estimate of drug-likeness (QED) is 0.430. The normalized spacial score (nSPS) is 10.1. The number of nitrogens with two attached hydrogens (primary N) is 1. The predicted molar refractivity (Wildman–Crippen MR) is 91.7 cm³/mol. The number of carbonyl (C=O) groups is 2. The van der Waals surface area contributed by atoms with E-state index in [4.69, 9.17) is 5.73 Å². The van der Waals surface area contributed by atoms with Crippen LogP contribution >= 0.6 is 0 Å². The van der Waals surface area contributed by atoms with Crippen LogP contribution in [0.2, 0.25) is 0 Å². The van der Waals surface area contributed by atoms with Crippen LogP contribution in [-0.2, 0) is 16.1 Å². The Morgan fingerprint density at radius 1 is 1.17 bits per heavy atom. The number of nitrogens with zero attached hydrogens (tertiary/aromatic N) is 1. The van der Waals surface area contributed by atoms with Crippen molar-refractivity contribution in [1.82, 2.24) is 10.3 Å². The van der Waals surface area contributed by atoms with Crippen molar-refractivity contribution in [3.63, 3.8) is 0 Å². The molecule has 0 saturated carbocycles. The number of nitrogens with one attached hydrogen (secondary N) is 2. The number of rotatable bonds is 11. The van der Waals surface area contributed by atoms with Gasteiger partial charge in [-0.1, -0.05) is 25.8 Å². The van der Waals surface area contributed by atoms with Gasteiger partial charge in [-0.2, -0.15) is 0 Å². The zero-order valence-electron chi connectivity index (χ0n) is 13.5. The molecule has 0 aliphatic rings. The highest BCUT2D eigenvalue weighted by Gasteiger charge is 2.03. The third-order valence-corrected chi connectivity index (χ3v) is 3.38. The van der Waals surface area contributed by atoms with E-state index in [-0.39, 0.29) is 11.8 Å². The van der Waals surface area contributed by atoms with Crippen molar-refractivity contribution in [1.29, 1.82) is 0 Å². The molecule has 0 atom stereocenters. The molecule has 0 radical (unpaired) electrons. The Kier molecular flexibility index (Phi) is 9.31. The van der Waals surface area contributed by atoms with Gasteiger partial charge in [0.15, 0.2) is 0 Å². The van der Waals surface area contributed by atoms with Gasteiger partial charge in [-0.3, -0.25) is 14.6 Å². The van der Waals surface area contributed by atoms with Crippen molar-refractivity contribution < 1.29 is 9.59 Å². The first-order valence-corrected chi connectivity index (χ1v) is 8.01. The van der Waals surface area contributed by atoms with Crippen molar-refractivity contribution in [2.24, 2.45) is 5.73 Å². The molecule has 1 aromatic rings. The summed E-state index contributed by atoms with van der Waals surface area (Å²) >= 11 is 0. The maximum atomic E-state index is 11.8. The van der Waals surface area contributed by atoms with E-state index in [1.807, 2.05) is 6.07 Å². The smallest absolute Gasteiger partial charge is 0.243 e. The fraction of sp³-hybridized carbons (Fsp3) is 0.471. The number of carbonyl (C=O) groups excluding carboxylic acids is 2. The average Bonchev–Trinajstić information content (AvgIpc) is 2.57. The molecule has 0 aliphatic heterocycles. The van der Waals surface area contributed by atoms with Gasteiger partial charge in [-0.25, -0.2) is 0 Å². The minimum Gasteiger partial charge on any atom is -0.353 e. The fourth-order valence-electron chi connectivity index (χ4n) is 2.07. The molecule has 0 fully saturated rings. The molecule has 0 aliphatic carbocycles. The topological polar surface area (TPSA) is 97.1 Å². The van der Waals surface area contributed by atoms with E-state index in [9.17, 15) is 9.59 Å². The van der Waals surface area contributed by atoms with Gasteiger partial charge < -0.3 is 16.4 Å². The second-order valence-electron chi connectivity index (χ2n) is 5.30. The van der Waals surface area contributed by atoms with Gasteiger partial charge in [0.2, 0.25) is 11.8 Å². The van der Waals surface area contributed by atoms with Crippen LogP contribution in [0.1, 0.15) is 44.2 Å². The Balaban J connectivity index is 2.03. The number of hydrogen-bond donors (Lipinski definition) is 3. The standard InChI is InChI=1S/C17H26N4O2/c1-2-16(22)19-11-7-5-3-4-6-8-17(23)21-15-10-9-14(12-18)20-13-15/h2,9-10,13H,1,3-8,11-12,18H2,(H,19,22)(H,21,23). The Bertz CT molecular complexity index is 500. The van der Waals surface area contributed by atoms with Crippen LogP contribution in [0, 0.1) is 0 Å². The fourth-order valence-corrected chi connectivity index (χ4v) is 2.07. The van der Waals surface area contributed by atoms with E-state index in [0.717, 1.165) is 37.8 Å². The highest BCUT2D eigenvalue weighted by Crippen LogP contribution is 2.09. The van der Waals surface area contributed by atoms with Gasteiger partial charge in [0, 0.05) is 19.5 Å². The van der Waals surface area contributed by atoms with Crippen LogP contribution in [0.5, 0.6) is 0 Å². The summed E-state index contributed by atoms with van der Waals surface area (Å²) in [7, 11) is 0. The zero-order chi connectivity index (χ0) is 16.9. The molecule has 1 rings (SSSR count). The summed E-state index contributed by atoms with van der Waals surface area (Å²) in [5.41, 5.74) is 6.97. The van der Waals surface area contributed by atoms with Gasteiger partial charge >= 0.3 is 0 Å². The monoisotopic (exact) mass is 318 g/mol. The molecule has 0 unspecified atom stereocenters. The molecule has 6 heteroatoms. The maximum absolute atomic E-state index is 11.8. The van der Waals surface area contributed by atoms with E-state index >= 15 is 0 Å². The van der Waals surface area contributed by atoms with Gasteiger partial charge in [0.1, 0.15) is 0 Å². The third kappa shape index (κ3) is 8.73. The van der Waals surface area contributed by atoms with Crippen molar-refractivity contribution in [2.75, 3.05) is 11.9 Å². The number of anilines is 1. The third-order valence-electron chi connectivity index (χ3n) is 3.38. The first-order valence-electron chi connectivity index (χ1n) is 8.01. The van der Waals surface area contributed by atoms with Crippen LogP contribution in [0.15, 0.2) is 31.0 Å². The van der Waals surface area contributed by atoms with E-state index in [1.54, 1.807) is 12.3 Å². The minimum absolute atomic E-state index is 0.00513. The molecule has 126 valence electrons. The van der Waals surface area contributed by atoms with Crippen LogP contribution in [0.4, 0.5) is 5.69 Å². The summed E-state index contributed by atoms with van der Waals surface area (Å²) in [6, 6.07) is 3.62. The van der Waals surface area contributed by atoms with Crippen LogP contribution in [-0.4, -0.2) is 23.3 Å². The Labute approximate surface area is 137 Å². The molecule has 1 aromatic heterocycles. The van der Waals surface area contributed by atoms with Gasteiger partial charge in [-0.15, -0.1) is 0 Å². The number of unbranched alkanes of at least 4 members (excludes halogenated alkanes) is 4. The number of amides is 2. The van der Waals surface area contributed by atoms with E-state index in [0.29, 0.717) is 25.2 Å². The van der Waals surface area contributed by atoms with Gasteiger partial charge in [0.25, 0.3) is 0 Å². The molecule has 6 nitrogen and oxygen atoms in total. The lowest BCUT2D eigenvalue weighted by atomic mass is 10.1. The lowest BCUT2D eigenvalue weighted by molar-refractivity contribution is -0.117. The minimum atomic E-state index is -0.129. The summed E-state index contributed by atoms with van der Waals surface area (Å²) in [6.45, 7) is 4.47. The van der Waals surface area contributed by atoms with E-state index < -0.39 is 0 Å². The maximum Gasteiger partial charge on any atom is 0.243 e. The summed E-state index contributed by atoms with van der Waals surface area (Å²) in [4.78, 5) is 26.8. The van der Waals surface area contributed by atoms with Crippen LogP contribution in [0.25, 0.3) is 0 Å². The number of aromatic nitrogens is 1. The molecular formula is C17H26N4O2. The molecular weight excluding hydrogens is 292 g/mol. The van der Waals surface area contributed by atoms with Gasteiger partial charge in [0.05, 0.1) is 17.6 Å². The van der Waals surface area contributed by atoms with Crippen LogP contribution < -0.4 is 16.4 Å². The first-order chi connectivity index (χ1) is 11.2. The van der Waals surface area contributed by atoms with E-state index in [1.165, 1.54) is 6.08 Å². The molecule has 2 amide bonds. The second kappa shape index (κ2) is 11.4. The molecule has 0 bridgehead atoms. The molecule has 4 N–H and O–H groups in total. The highest BCUT2D eigenvalue weighted by atomic mass is 16.2. The second-order valence-corrected chi connectivity index (χ2v) is 5.30. The summed E-state index contributed by atoms with van der Waals surface area (Å²) in [5, 5.41) is 5.57. The Morgan fingerprint density at radius 2 is 1.91 bits per heavy atom. The van der Waals surface area contributed by atoms with E-state index in [2.05, 4.69) is 22.2 Å². The first kappa shape index (κ1) is 18.8. The Hall–Kier alpha value is -2.21. The Morgan fingerprint density at radius 3 is 2.57 bits per heavy atom. The SMILES string of the molecule is C=CC(=O)NCCCCCCCC(=O)Nc1ccc(CN)nc1. The number of hydrogen-bond acceptors (Lipinski definition) is 4. The average molecular weight is 318 g/mol. The van der Waals surface area contributed by atoms with Crippen molar-refractivity contribution in [2.45, 2.75) is 45.1 Å². The zero-order valence-corrected chi connectivity index (χ0v) is 13.5. The predicted octanol–water partition coefficient (Wildman–Crippen LogP) is 2.12. The molecule has 0 aromatic carbocycles. The highest BCUT2D eigenvalue weighted by molar-refractivity contribution is 5.90. The van der Waals surface area contributed by atoms with Crippen molar-refractivity contribution in [3.05, 3.63) is 36.7 Å². The van der Waals surface area contributed by atoms with Crippen molar-refractivity contribution in [3.8, 4) is 0 Å². The lowest BCUT2D eigenvalue weighted by Crippen LogP contribution is -2.21. The molecule has 1 heterocycles. The summed E-state index contributed by atoms with van der Waals surface area (Å²) < 4.78 is 0. The summed E-state index contributed by atoms with van der Waals surface area (Å²) in [6.07, 6.45) is 8.33. The molecule has 23 heavy (non-hydrogen) atoms. The number of pyridine rings is 1. The largest absolute Gasteiger partial charge is 0.353 e.